The molecule has 1 aliphatic rings. The van der Waals surface area contributed by atoms with E-state index in [1.54, 1.807) is 6.20 Å². The normalized spacial score (nSPS) is 14.3. The van der Waals surface area contributed by atoms with Crippen LogP contribution in [0, 0.1) is 13.8 Å². The van der Waals surface area contributed by atoms with E-state index in [0.29, 0.717) is 37.9 Å². The van der Waals surface area contributed by atoms with Gasteiger partial charge in [0, 0.05) is 50.8 Å². The summed E-state index contributed by atoms with van der Waals surface area (Å²) in [6.07, 6.45) is 3.19. The van der Waals surface area contributed by atoms with Gasteiger partial charge in [-0.15, -0.1) is 0 Å². The van der Waals surface area contributed by atoms with E-state index >= 15 is 0 Å². The van der Waals surface area contributed by atoms with E-state index < -0.39 is 0 Å². The van der Waals surface area contributed by atoms with Crippen LogP contribution in [0.2, 0.25) is 0 Å². The highest BCUT2D eigenvalue weighted by Gasteiger charge is 2.23. The van der Waals surface area contributed by atoms with Crippen LogP contribution in [-0.4, -0.2) is 52.7 Å². The zero-order valence-electron chi connectivity index (χ0n) is 16.0. The molecule has 0 atom stereocenters. The van der Waals surface area contributed by atoms with Gasteiger partial charge in [-0.05, 0) is 20.3 Å². The van der Waals surface area contributed by atoms with Crippen molar-refractivity contribution in [1.29, 1.82) is 0 Å². The molecule has 2 heterocycles. The minimum absolute atomic E-state index is 0.0988. The molecule has 2 aromatic rings. The lowest BCUT2D eigenvalue weighted by Gasteiger charge is -2.36. The number of carbonyl (C=O) groups excluding carboxylic acids is 2. The zero-order chi connectivity index (χ0) is 19.2. The van der Waals surface area contributed by atoms with Gasteiger partial charge in [0.2, 0.25) is 5.91 Å². The second kappa shape index (κ2) is 8.75. The summed E-state index contributed by atoms with van der Waals surface area (Å²) in [5.74, 6) is 1.14. The van der Waals surface area contributed by atoms with Gasteiger partial charge in [0.15, 0.2) is 5.78 Å². The average Bonchev–Trinajstić information content (AvgIpc) is 2.70. The van der Waals surface area contributed by atoms with Crippen LogP contribution in [0.25, 0.3) is 0 Å². The largest absolute Gasteiger partial charge is 0.352 e. The van der Waals surface area contributed by atoms with Gasteiger partial charge >= 0.3 is 0 Å². The third-order valence-electron chi connectivity index (χ3n) is 4.87. The Kier molecular flexibility index (Phi) is 6.16. The van der Waals surface area contributed by atoms with Crippen molar-refractivity contribution >= 4 is 17.5 Å². The number of hydrogen-bond acceptors (Lipinski definition) is 5. The van der Waals surface area contributed by atoms with Gasteiger partial charge in [0.05, 0.1) is 11.4 Å². The van der Waals surface area contributed by atoms with Crippen molar-refractivity contribution in [2.75, 3.05) is 31.1 Å². The van der Waals surface area contributed by atoms with E-state index in [4.69, 9.17) is 0 Å². The lowest BCUT2D eigenvalue weighted by molar-refractivity contribution is -0.131. The summed E-state index contributed by atoms with van der Waals surface area (Å²) in [7, 11) is 0. The Balaban J connectivity index is 1.45. The summed E-state index contributed by atoms with van der Waals surface area (Å²) in [5, 5.41) is 0. The topological polar surface area (TPSA) is 66.4 Å². The second-order valence-electron chi connectivity index (χ2n) is 6.93. The molecule has 0 N–H and O–H groups in total. The molecule has 1 fully saturated rings. The maximum absolute atomic E-state index is 12.4. The zero-order valence-corrected chi connectivity index (χ0v) is 16.0. The van der Waals surface area contributed by atoms with Crippen molar-refractivity contribution in [3.63, 3.8) is 0 Å². The number of aryl methyl sites for hydroxylation is 2. The summed E-state index contributed by atoms with van der Waals surface area (Å²) < 4.78 is 0. The first-order chi connectivity index (χ1) is 13.0. The molecule has 6 heteroatoms. The molecule has 27 heavy (non-hydrogen) atoms. The third-order valence-corrected chi connectivity index (χ3v) is 4.87. The highest BCUT2D eigenvalue weighted by molar-refractivity contribution is 5.96. The molecule has 1 aromatic carbocycles. The first-order valence-electron chi connectivity index (χ1n) is 9.46. The predicted octanol–water partition coefficient (Wildman–Crippen LogP) is 2.80. The van der Waals surface area contributed by atoms with Crippen molar-refractivity contribution < 1.29 is 9.59 Å². The molecular formula is C21H26N4O2. The molecular weight excluding hydrogens is 340 g/mol. The van der Waals surface area contributed by atoms with E-state index in [-0.39, 0.29) is 11.7 Å². The number of nitrogens with zero attached hydrogens (tertiary/aromatic N) is 4. The molecule has 6 nitrogen and oxygen atoms in total. The highest BCUT2D eigenvalue weighted by Crippen LogP contribution is 2.18. The van der Waals surface area contributed by atoms with E-state index in [2.05, 4.69) is 14.9 Å². The Morgan fingerprint density at radius 2 is 1.70 bits per heavy atom. The number of hydrogen-bond donors (Lipinski definition) is 0. The maximum atomic E-state index is 12.4. The first kappa shape index (κ1) is 19.0. The number of rotatable bonds is 6. The lowest BCUT2D eigenvalue weighted by Crippen LogP contribution is -2.49. The first-order valence-corrected chi connectivity index (χ1v) is 9.46. The van der Waals surface area contributed by atoms with Crippen LogP contribution in [0.4, 0.5) is 5.82 Å². The summed E-state index contributed by atoms with van der Waals surface area (Å²) in [6.45, 7) is 6.78. The Labute approximate surface area is 160 Å². The van der Waals surface area contributed by atoms with E-state index in [1.807, 2.05) is 49.1 Å². The molecule has 0 saturated carbocycles. The summed E-state index contributed by atoms with van der Waals surface area (Å²) in [6, 6.07) is 9.25. The number of benzene rings is 1. The summed E-state index contributed by atoms with van der Waals surface area (Å²) in [4.78, 5) is 37.6. The maximum Gasteiger partial charge on any atom is 0.222 e. The Morgan fingerprint density at radius 1 is 1.00 bits per heavy atom. The quantitative estimate of drug-likeness (QED) is 0.736. The minimum Gasteiger partial charge on any atom is -0.352 e. The smallest absolute Gasteiger partial charge is 0.222 e. The molecule has 0 aliphatic carbocycles. The Hall–Kier alpha value is -2.76. The van der Waals surface area contributed by atoms with Crippen molar-refractivity contribution in [2.24, 2.45) is 0 Å². The van der Waals surface area contributed by atoms with Crippen molar-refractivity contribution in [3.8, 4) is 0 Å². The molecule has 1 amide bonds. The van der Waals surface area contributed by atoms with Crippen LogP contribution in [0.15, 0.2) is 36.5 Å². The summed E-state index contributed by atoms with van der Waals surface area (Å²) >= 11 is 0. The van der Waals surface area contributed by atoms with Crippen molar-refractivity contribution in [2.45, 2.75) is 33.1 Å². The number of anilines is 1. The van der Waals surface area contributed by atoms with Gasteiger partial charge in [-0.3, -0.25) is 14.6 Å². The Bertz CT molecular complexity index is 799. The number of Topliss-reactive ketones (excluding diaryl/α,β-unsaturated/α-hetero) is 1. The van der Waals surface area contributed by atoms with Gasteiger partial charge < -0.3 is 9.80 Å². The molecule has 142 valence electrons. The van der Waals surface area contributed by atoms with Gasteiger partial charge in [-0.2, -0.15) is 0 Å². The van der Waals surface area contributed by atoms with E-state index in [1.165, 1.54) is 0 Å². The van der Waals surface area contributed by atoms with Crippen LogP contribution in [0.5, 0.6) is 0 Å². The number of aromatic nitrogens is 2. The lowest BCUT2D eigenvalue weighted by atomic mass is 10.1. The monoisotopic (exact) mass is 366 g/mol. The van der Waals surface area contributed by atoms with Crippen LogP contribution in [0.3, 0.4) is 0 Å². The SMILES string of the molecule is Cc1cnc(C)c(N2CCN(C(=O)CCCC(=O)c3ccccc3)CC2)n1. The van der Waals surface area contributed by atoms with Crippen LogP contribution < -0.4 is 4.90 Å². The fourth-order valence-electron chi connectivity index (χ4n) is 3.32. The fraction of sp³-hybridized carbons (Fsp3) is 0.429. The molecule has 3 rings (SSSR count). The average molecular weight is 366 g/mol. The van der Waals surface area contributed by atoms with Gasteiger partial charge in [-0.1, -0.05) is 30.3 Å². The van der Waals surface area contributed by atoms with Gasteiger partial charge in [-0.25, -0.2) is 4.98 Å². The third kappa shape index (κ3) is 4.90. The predicted molar refractivity (Wildman–Crippen MR) is 105 cm³/mol. The van der Waals surface area contributed by atoms with Crippen LogP contribution in [-0.2, 0) is 4.79 Å². The van der Waals surface area contributed by atoms with E-state index in [9.17, 15) is 9.59 Å². The van der Waals surface area contributed by atoms with Gasteiger partial charge in [0.25, 0.3) is 0 Å². The molecule has 0 bridgehead atoms. The molecule has 0 radical (unpaired) electrons. The number of ketones is 1. The minimum atomic E-state index is 0.0988. The second-order valence-corrected chi connectivity index (χ2v) is 6.93. The van der Waals surface area contributed by atoms with Crippen LogP contribution in [0.1, 0.15) is 41.0 Å². The number of piperazine rings is 1. The number of carbonyl (C=O) groups is 2. The molecule has 1 saturated heterocycles. The molecule has 0 spiro atoms. The number of amides is 1. The molecule has 1 aliphatic heterocycles. The van der Waals surface area contributed by atoms with Crippen molar-refractivity contribution in [3.05, 3.63) is 53.5 Å². The highest BCUT2D eigenvalue weighted by atomic mass is 16.2. The Morgan fingerprint density at radius 3 is 2.41 bits per heavy atom. The standard InChI is InChI=1S/C21H26N4O2/c1-16-15-22-17(2)21(23-16)25-13-11-24(12-14-25)20(27)10-6-9-19(26)18-7-4-3-5-8-18/h3-5,7-8,15H,6,9-14H2,1-2H3. The summed E-state index contributed by atoms with van der Waals surface area (Å²) in [5.41, 5.74) is 2.53. The molecule has 1 aromatic heterocycles. The van der Waals surface area contributed by atoms with Crippen LogP contribution >= 0.6 is 0 Å². The molecule has 0 unspecified atom stereocenters. The van der Waals surface area contributed by atoms with Crippen molar-refractivity contribution in [1.82, 2.24) is 14.9 Å². The van der Waals surface area contributed by atoms with Gasteiger partial charge in [0.1, 0.15) is 5.82 Å². The van der Waals surface area contributed by atoms with E-state index in [0.717, 1.165) is 30.3 Å². The fourth-order valence-corrected chi connectivity index (χ4v) is 3.32.